The van der Waals surface area contributed by atoms with Gasteiger partial charge in [-0.05, 0) is 29.8 Å². The summed E-state index contributed by atoms with van der Waals surface area (Å²) in [5.41, 5.74) is 1.17. The number of sulfonamides is 1. The van der Waals surface area contributed by atoms with Crippen LogP contribution in [0.15, 0.2) is 71.6 Å². The van der Waals surface area contributed by atoms with Crippen LogP contribution in [0.2, 0.25) is 0 Å². The molecule has 0 saturated heterocycles. The largest absolute Gasteiger partial charge is 0.497 e. The first kappa shape index (κ1) is 22.3. The summed E-state index contributed by atoms with van der Waals surface area (Å²) in [5, 5.41) is 0. The maximum Gasteiger partial charge on any atom is 0.264 e. The quantitative estimate of drug-likeness (QED) is 0.495. The molecule has 3 aromatic carbocycles. The monoisotopic (exact) mass is 443 g/mol. The molecule has 0 fully saturated rings. The Kier molecular flexibility index (Phi) is 6.91. The number of methoxy groups -OCH3 is 4. The zero-order chi connectivity index (χ0) is 22.4. The van der Waals surface area contributed by atoms with Gasteiger partial charge in [-0.1, -0.05) is 30.3 Å². The summed E-state index contributed by atoms with van der Waals surface area (Å²) in [5.74, 6) is 1.80. The Bertz CT molecular complexity index is 1090. The number of anilines is 1. The lowest BCUT2D eigenvalue weighted by molar-refractivity contribution is 0.324. The molecule has 0 aliphatic carbocycles. The van der Waals surface area contributed by atoms with E-state index in [4.69, 9.17) is 18.9 Å². The van der Waals surface area contributed by atoms with Gasteiger partial charge in [0, 0.05) is 12.1 Å². The van der Waals surface area contributed by atoms with Gasteiger partial charge in [0.1, 0.15) is 5.75 Å². The van der Waals surface area contributed by atoms with Crippen LogP contribution in [0.4, 0.5) is 5.69 Å². The lowest BCUT2D eigenvalue weighted by atomic mass is 10.2. The SMILES string of the molecule is COc1ccc(CN(c2cc(OC)c(OC)c(OC)c2)S(=O)(=O)c2ccccc2)cc1. The first-order valence-corrected chi connectivity index (χ1v) is 10.9. The van der Waals surface area contributed by atoms with E-state index in [-0.39, 0.29) is 11.4 Å². The summed E-state index contributed by atoms with van der Waals surface area (Å²) >= 11 is 0. The summed E-state index contributed by atoms with van der Waals surface area (Å²) in [6.07, 6.45) is 0. The molecular formula is C23H25NO6S. The molecule has 0 amide bonds. The first-order chi connectivity index (χ1) is 14.9. The first-order valence-electron chi connectivity index (χ1n) is 9.45. The van der Waals surface area contributed by atoms with Crippen molar-refractivity contribution in [1.82, 2.24) is 0 Å². The van der Waals surface area contributed by atoms with E-state index in [2.05, 4.69) is 0 Å². The standard InChI is InChI=1S/C23H25NO6S/c1-27-19-12-10-17(11-13-19)16-24(31(25,26)20-8-6-5-7-9-20)18-14-21(28-2)23(30-4)22(15-18)29-3/h5-15H,16H2,1-4H3. The van der Waals surface area contributed by atoms with E-state index < -0.39 is 10.0 Å². The Morgan fingerprint density at radius 2 is 1.32 bits per heavy atom. The van der Waals surface area contributed by atoms with Gasteiger partial charge in [0.15, 0.2) is 11.5 Å². The van der Waals surface area contributed by atoms with Gasteiger partial charge in [-0.25, -0.2) is 8.42 Å². The molecule has 164 valence electrons. The highest BCUT2D eigenvalue weighted by Crippen LogP contribution is 2.42. The average Bonchev–Trinajstić information content (AvgIpc) is 2.82. The van der Waals surface area contributed by atoms with E-state index in [0.717, 1.165) is 5.56 Å². The average molecular weight is 444 g/mol. The van der Waals surface area contributed by atoms with Crippen LogP contribution < -0.4 is 23.3 Å². The van der Waals surface area contributed by atoms with Crippen LogP contribution in [0.3, 0.4) is 0 Å². The Labute approximate surface area is 182 Å². The van der Waals surface area contributed by atoms with E-state index in [0.29, 0.717) is 28.7 Å². The highest BCUT2D eigenvalue weighted by molar-refractivity contribution is 7.92. The molecule has 0 N–H and O–H groups in total. The van der Waals surface area contributed by atoms with E-state index in [1.807, 2.05) is 12.1 Å². The second-order valence-electron chi connectivity index (χ2n) is 6.56. The van der Waals surface area contributed by atoms with E-state index in [1.54, 1.807) is 61.7 Å². The Balaban J connectivity index is 2.16. The highest BCUT2D eigenvalue weighted by Gasteiger charge is 2.27. The van der Waals surface area contributed by atoms with Crippen LogP contribution in [0.1, 0.15) is 5.56 Å². The van der Waals surface area contributed by atoms with Crippen molar-refractivity contribution in [3.8, 4) is 23.0 Å². The van der Waals surface area contributed by atoms with Gasteiger partial charge >= 0.3 is 0 Å². The summed E-state index contributed by atoms with van der Waals surface area (Å²) < 4.78 is 49.9. The second kappa shape index (κ2) is 9.61. The fourth-order valence-electron chi connectivity index (χ4n) is 3.14. The third kappa shape index (κ3) is 4.69. The fourth-order valence-corrected chi connectivity index (χ4v) is 4.60. The zero-order valence-electron chi connectivity index (χ0n) is 17.9. The minimum absolute atomic E-state index is 0.0971. The molecule has 0 spiro atoms. The molecule has 0 heterocycles. The Morgan fingerprint density at radius 3 is 1.81 bits per heavy atom. The maximum atomic E-state index is 13.6. The van der Waals surface area contributed by atoms with Crippen LogP contribution in [0.25, 0.3) is 0 Å². The van der Waals surface area contributed by atoms with Crippen molar-refractivity contribution in [3.63, 3.8) is 0 Å². The van der Waals surface area contributed by atoms with Crippen LogP contribution in [0, 0.1) is 0 Å². The predicted molar refractivity (Wildman–Crippen MR) is 119 cm³/mol. The molecule has 8 heteroatoms. The van der Waals surface area contributed by atoms with Crippen LogP contribution >= 0.6 is 0 Å². The van der Waals surface area contributed by atoms with Crippen molar-refractivity contribution in [3.05, 3.63) is 72.3 Å². The molecule has 0 aliphatic rings. The summed E-state index contributed by atoms with van der Waals surface area (Å²) in [4.78, 5) is 0.178. The van der Waals surface area contributed by atoms with Gasteiger partial charge in [-0.2, -0.15) is 0 Å². The molecule has 0 atom stereocenters. The molecule has 3 rings (SSSR count). The van der Waals surface area contributed by atoms with Crippen LogP contribution in [-0.4, -0.2) is 36.9 Å². The molecule has 0 bridgehead atoms. The molecule has 31 heavy (non-hydrogen) atoms. The number of hydrogen-bond acceptors (Lipinski definition) is 6. The Morgan fingerprint density at radius 1 is 0.742 bits per heavy atom. The van der Waals surface area contributed by atoms with Gasteiger partial charge in [-0.15, -0.1) is 0 Å². The normalized spacial score (nSPS) is 11.0. The fraction of sp³-hybridized carbons (Fsp3) is 0.217. The molecule has 7 nitrogen and oxygen atoms in total. The molecule has 0 unspecified atom stereocenters. The molecule has 0 radical (unpaired) electrons. The van der Waals surface area contributed by atoms with Crippen molar-refractivity contribution in [2.75, 3.05) is 32.7 Å². The van der Waals surface area contributed by atoms with Gasteiger partial charge in [0.25, 0.3) is 10.0 Å². The second-order valence-corrected chi connectivity index (χ2v) is 8.42. The molecule has 3 aromatic rings. The summed E-state index contributed by atoms with van der Waals surface area (Å²) in [6, 6.07) is 18.7. The number of hydrogen-bond donors (Lipinski definition) is 0. The van der Waals surface area contributed by atoms with E-state index in [9.17, 15) is 8.42 Å². The van der Waals surface area contributed by atoms with E-state index >= 15 is 0 Å². The van der Waals surface area contributed by atoms with Gasteiger partial charge in [0.05, 0.1) is 45.6 Å². The third-order valence-corrected chi connectivity index (χ3v) is 6.54. The smallest absolute Gasteiger partial charge is 0.264 e. The van der Waals surface area contributed by atoms with Crippen LogP contribution in [-0.2, 0) is 16.6 Å². The topological polar surface area (TPSA) is 74.3 Å². The van der Waals surface area contributed by atoms with Crippen molar-refractivity contribution >= 4 is 15.7 Å². The van der Waals surface area contributed by atoms with Crippen molar-refractivity contribution in [1.29, 1.82) is 0 Å². The lowest BCUT2D eigenvalue weighted by Crippen LogP contribution is -2.30. The molecular weight excluding hydrogens is 418 g/mol. The molecule has 0 aromatic heterocycles. The summed E-state index contributed by atoms with van der Waals surface area (Å²) in [7, 11) is 2.16. The summed E-state index contributed by atoms with van der Waals surface area (Å²) in [6.45, 7) is 0.0971. The zero-order valence-corrected chi connectivity index (χ0v) is 18.7. The predicted octanol–water partition coefficient (Wildman–Crippen LogP) is 4.12. The maximum absolute atomic E-state index is 13.6. The minimum Gasteiger partial charge on any atom is -0.497 e. The highest BCUT2D eigenvalue weighted by atomic mass is 32.2. The number of ether oxygens (including phenoxy) is 4. The molecule has 0 aliphatic heterocycles. The van der Waals surface area contributed by atoms with E-state index in [1.165, 1.54) is 25.6 Å². The van der Waals surface area contributed by atoms with Gasteiger partial charge < -0.3 is 18.9 Å². The molecule has 0 saturated carbocycles. The minimum atomic E-state index is -3.89. The lowest BCUT2D eigenvalue weighted by Gasteiger charge is -2.26. The number of nitrogens with zero attached hydrogens (tertiary/aromatic N) is 1. The van der Waals surface area contributed by atoms with Crippen molar-refractivity contribution in [2.45, 2.75) is 11.4 Å². The number of rotatable bonds is 9. The van der Waals surface area contributed by atoms with Crippen LogP contribution in [0.5, 0.6) is 23.0 Å². The van der Waals surface area contributed by atoms with Crippen molar-refractivity contribution in [2.24, 2.45) is 0 Å². The number of benzene rings is 3. The van der Waals surface area contributed by atoms with Gasteiger partial charge in [-0.3, -0.25) is 4.31 Å². The Hall–Kier alpha value is -3.39. The third-order valence-electron chi connectivity index (χ3n) is 4.75. The van der Waals surface area contributed by atoms with Crippen molar-refractivity contribution < 1.29 is 27.4 Å². The van der Waals surface area contributed by atoms with Gasteiger partial charge in [0.2, 0.25) is 5.75 Å².